The molecule has 1 saturated heterocycles. The maximum absolute atomic E-state index is 5.90. The van der Waals surface area contributed by atoms with E-state index in [1.54, 1.807) is 7.11 Å². The monoisotopic (exact) mass is 279 g/mol. The Hall–Kier alpha value is -1.10. The van der Waals surface area contributed by atoms with Gasteiger partial charge in [0.15, 0.2) is 0 Å². The van der Waals surface area contributed by atoms with Crippen molar-refractivity contribution in [2.75, 3.05) is 40.6 Å². The van der Waals surface area contributed by atoms with Crippen molar-refractivity contribution in [1.82, 2.24) is 5.32 Å². The van der Waals surface area contributed by atoms with E-state index >= 15 is 0 Å². The van der Waals surface area contributed by atoms with Gasteiger partial charge in [-0.05, 0) is 43.5 Å². The van der Waals surface area contributed by atoms with Gasteiger partial charge in [-0.1, -0.05) is 12.1 Å². The van der Waals surface area contributed by atoms with Crippen LogP contribution in [-0.2, 0) is 9.47 Å². The van der Waals surface area contributed by atoms with Crippen LogP contribution in [0.15, 0.2) is 24.3 Å². The molecule has 0 radical (unpaired) electrons. The topological polar surface area (TPSA) is 39.7 Å². The van der Waals surface area contributed by atoms with E-state index in [-0.39, 0.29) is 6.04 Å². The lowest BCUT2D eigenvalue weighted by molar-refractivity contribution is 0.0156. The highest BCUT2D eigenvalue weighted by atomic mass is 16.5. The molecule has 2 rings (SSSR count). The first kappa shape index (κ1) is 15.3. The van der Waals surface area contributed by atoms with E-state index in [0.29, 0.717) is 12.5 Å². The summed E-state index contributed by atoms with van der Waals surface area (Å²) in [6.07, 6.45) is 2.23. The Morgan fingerprint density at radius 2 is 2.15 bits per heavy atom. The third kappa shape index (κ3) is 4.47. The van der Waals surface area contributed by atoms with Crippen molar-refractivity contribution < 1.29 is 14.2 Å². The van der Waals surface area contributed by atoms with E-state index in [2.05, 4.69) is 17.4 Å². The summed E-state index contributed by atoms with van der Waals surface area (Å²) in [4.78, 5) is 0. The molecule has 0 bridgehead atoms. The van der Waals surface area contributed by atoms with Crippen LogP contribution in [0.1, 0.15) is 24.4 Å². The molecule has 1 heterocycles. The molecule has 112 valence electrons. The van der Waals surface area contributed by atoms with Crippen LogP contribution in [0.5, 0.6) is 5.75 Å². The quantitative estimate of drug-likeness (QED) is 0.832. The number of benzene rings is 1. The third-order valence-electron chi connectivity index (χ3n) is 3.82. The van der Waals surface area contributed by atoms with Gasteiger partial charge in [0.05, 0.1) is 19.8 Å². The van der Waals surface area contributed by atoms with Gasteiger partial charge < -0.3 is 19.5 Å². The van der Waals surface area contributed by atoms with E-state index < -0.39 is 0 Å². The fourth-order valence-electron chi connectivity index (χ4n) is 2.47. The SMILES string of the molecule is CNC(COCC1CCOCC1)c1cccc(OC)c1. The van der Waals surface area contributed by atoms with Gasteiger partial charge >= 0.3 is 0 Å². The minimum Gasteiger partial charge on any atom is -0.497 e. The first-order valence-electron chi connectivity index (χ1n) is 7.30. The number of hydrogen-bond donors (Lipinski definition) is 1. The minimum atomic E-state index is 0.199. The molecule has 0 aromatic heterocycles. The standard InChI is InChI=1S/C16H25NO3/c1-17-16(14-4-3-5-15(10-14)18-2)12-20-11-13-6-8-19-9-7-13/h3-5,10,13,16-17H,6-9,11-12H2,1-2H3. The van der Waals surface area contributed by atoms with Crippen molar-refractivity contribution in [3.63, 3.8) is 0 Å². The van der Waals surface area contributed by atoms with E-state index in [4.69, 9.17) is 14.2 Å². The van der Waals surface area contributed by atoms with Crippen molar-refractivity contribution in [1.29, 1.82) is 0 Å². The van der Waals surface area contributed by atoms with Crippen LogP contribution in [0.25, 0.3) is 0 Å². The van der Waals surface area contributed by atoms with Crippen LogP contribution in [0, 0.1) is 5.92 Å². The molecular weight excluding hydrogens is 254 g/mol. The lowest BCUT2D eigenvalue weighted by Crippen LogP contribution is -2.25. The van der Waals surface area contributed by atoms with E-state index in [1.165, 1.54) is 5.56 Å². The van der Waals surface area contributed by atoms with E-state index in [1.807, 2.05) is 19.2 Å². The Balaban J connectivity index is 1.81. The van der Waals surface area contributed by atoms with Gasteiger partial charge in [-0.25, -0.2) is 0 Å². The number of hydrogen-bond acceptors (Lipinski definition) is 4. The van der Waals surface area contributed by atoms with E-state index in [9.17, 15) is 0 Å². The Kier molecular flexibility index (Phi) is 6.30. The van der Waals surface area contributed by atoms with Gasteiger partial charge in [0.25, 0.3) is 0 Å². The second-order valence-electron chi connectivity index (χ2n) is 5.21. The Labute approximate surface area is 121 Å². The van der Waals surface area contributed by atoms with Gasteiger partial charge in [0.2, 0.25) is 0 Å². The summed E-state index contributed by atoms with van der Waals surface area (Å²) in [5.74, 6) is 1.53. The van der Waals surface area contributed by atoms with E-state index in [0.717, 1.165) is 38.4 Å². The average Bonchev–Trinajstić information content (AvgIpc) is 2.52. The fraction of sp³-hybridized carbons (Fsp3) is 0.625. The smallest absolute Gasteiger partial charge is 0.119 e. The highest BCUT2D eigenvalue weighted by molar-refractivity contribution is 5.30. The summed E-state index contributed by atoms with van der Waals surface area (Å²) in [6, 6.07) is 8.32. The Morgan fingerprint density at radius 1 is 1.35 bits per heavy atom. The maximum atomic E-state index is 5.90. The van der Waals surface area contributed by atoms with Crippen molar-refractivity contribution in [3.05, 3.63) is 29.8 Å². The van der Waals surface area contributed by atoms with Crippen molar-refractivity contribution in [2.45, 2.75) is 18.9 Å². The summed E-state index contributed by atoms with van der Waals surface area (Å²) in [5.41, 5.74) is 1.19. The van der Waals surface area contributed by atoms with Crippen LogP contribution in [0.4, 0.5) is 0 Å². The number of methoxy groups -OCH3 is 1. The van der Waals surface area contributed by atoms with Crippen molar-refractivity contribution >= 4 is 0 Å². The summed E-state index contributed by atoms with van der Waals surface area (Å²) in [6.45, 7) is 3.26. The fourth-order valence-corrected chi connectivity index (χ4v) is 2.47. The van der Waals surface area contributed by atoms with Crippen molar-refractivity contribution in [3.8, 4) is 5.75 Å². The molecule has 0 spiro atoms. The van der Waals surface area contributed by atoms with Gasteiger partial charge in [-0.15, -0.1) is 0 Å². The van der Waals surface area contributed by atoms with Crippen LogP contribution in [0.2, 0.25) is 0 Å². The molecule has 0 aliphatic carbocycles. The molecule has 4 heteroatoms. The summed E-state index contributed by atoms with van der Waals surface area (Å²) in [7, 11) is 3.65. The zero-order valence-corrected chi connectivity index (χ0v) is 12.4. The summed E-state index contributed by atoms with van der Waals surface area (Å²) in [5, 5.41) is 3.30. The number of nitrogens with one attached hydrogen (secondary N) is 1. The molecule has 0 amide bonds. The number of ether oxygens (including phenoxy) is 3. The molecule has 1 atom stereocenters. The zero-order chi connectivity index (χ0) is 14.2. The zero-order valence-electron chi connectivity index (χ0n) is 12.4. The summed E-state index contributed by atoms with van der Waals surface area (Å²) < 4.78 is 16.5. The lowest BCUT2D eigenvalue weighted by atomic mass is 10.0. The summed E-state index contributed by atoms with van der Waals surface area (Å²) >= 11 is 0. The first-order chi connectivity index (χ1) is 9.83. The van der Waals surface area contributed by atoms with Crippen LogP contribution >= 0.6 is 0 Å². The lowest BCUT2D eigenvalue weighted by Gasteiger charge is -2.23. The predicted octanol–water partition coefficient (Wildman–Crippen LogP) is 2.40. The van der Waals surface area contributed by atoms with Crippen LogP contribution in [-0.4, -0.2) is 40.6 Å². The van der Waals surface area contributed by atoms with Gasteiger partial charge in [-0.2, -0.15) is 0 Å². The van der Waals surface area contributed by atoms with Gasteiger partial charge in [0, 0.05) is 19.8 Å². The molecule has 1 fully saturated rings. The molecule has 1 aromatic carbocycles. The molecule has 4 nitrogen and oxygen atoms in total. The molecule has 1 aliphatic rings. The second-order valence-corrected chi connectivity index (χ2v) is 5.21. The molecular formula is C16H25NO3. The number of rotatable bonds is 7. The Bertz CT molecular complexity index is 391. The third-order valence-corrected chi connectivity index (χ3v) is 3.82. The predicted molar refractivity (Wildman–Crippen MR) is 79.2 cm³/mol. The molecule has 1 aromatic rings. The highest BCUT2D eigenvalue weighted by Crippen LogP contribution is 2.20. The van der Waals surface area contributed by atoms with Crippen molar-refractivity contribution in [2.24, 2.45) is 5.92 Å². The second kappa shape index (κ2) is 8.25. The van der Waals surface area contributed by atoms with Gasteiger partial charge in [-0.3, -0.25) is 0 Å². The van der Waals surface area contributed by atoms with Crippen LogP contribution in [0.3, 0.4) is 0 Å². The Morgan fingerprint density at radius 3 is 2.85 bits per heavy atom. The maximum Gasteiger partial charge on any atom is 0.119 e. The molecule has 1 aliphatic heterocycles. The normalized spacial score (nSPS) is 17.9. The first-order valence-corrected chi connectivity index (χ1v) is 7.30. The molecule has 0 saturated carbocycles. The van der Waals surface area contributed by atoms with Gasteiger partial charge in [0.1, 0.15) is 5.75 Å². The largest absolute Gasteiger partial charge is 0.497 e. The highest BCUT2D eigenvalue weighted by Gasteiger charge is 2.15. The number of likely N-dealkylation sites (N-methyl/N-ethyl adjacent to an activating group) is 1. The molecule has 20 heavy (non-hydrogen) atoms. The minimum absolute atomic E-state index is 0.199. The molecule has 1 N–H and O–H groups in total. The molecule has 1 unspecified atom stereocenters. The van der Waals surface area contributed by atoms with Crippen LogP contribution < -0.4 is 10.1 Å². The average molecular weight is 279 g/mol.